The number of anilines is 2. The predicted octanol–water partition coefficient (Wildman–Crippen LogP) is 6.18. The summed E-state index contributed by atoms with van der Waals surface area (Å²) >= 11 is 1.58. The molecule has 4 rings (SSSR count). The van der Waals surface area contributed by atoms with Crippen molar-refractivity contribution in [3.63, 3.8) is 0 Å². The zero-order valence-corrected chi connectivity index (χ0v) is 24.7. The highest BCUT2D eigenvalue weighted by Crippen LogP contribution is 2.26. The van der Waals surface area contributed by atoms with Crippen LogP contribution in [0.1, 0.15) is 28.1 Å². The van der Waals surface area contributed by atoms with E-state index in [0.29, 0.717) is 34.8 Å². The number of halogens is 1. The van der Waals surface area contributed by atoms with Gasteiger partial charge in [-0.3, -0.25) is 24.5 Å². The van der Waals surface area contributed by atoms with Crippen LogP contribution >= 0.6 is 24.2 Å². The molecule has 0 fully saturated rings. The molecule has 2 amide bonds. The molecule has 0 spiro atoms. The molecule has 0 saturated carbocycles. The first-order chi connectivity index (χ1) is 20.2. The van der Waals surface area contributed by atoms with Crippen molar-refractivity contribution in [3.8, 4) is 11.3 Å². The molecule has 0 aliphatic heterocycles. The highest BCUT2D eigenvalue weighted by Gasteiger charge is 2.19. The van der Waals surface area contributed by atoms with Gasteiger partial charge < -0.3 is 20.8 Å². The van der Waals surface area contributed by atoms with Gasteiger partial charge in [0.1, 0.15) is 11.5 Å². The van der Waals surface area contributed by atoms with E-state index in [1.165, 1.54) is 30.4 Å². The third-order valence-electron chi connectivity index (χ3n) is 6.18. The van der Waals surface area contributed by atoms with Crippen molar-refractivity contribution < 1.29 is 23.7 Å². The molecule has 0 aliphatic rings. The molecule has 43 heavy (non-hydrogen) atoms. The smallest absolute Gasteiger partial charge is 0.269 e. The van der Waals surface area contributed by atoms with Gasteiger partial charge >= 0.3 is 0 Å². The van der Waals surface area contributed by atoms with Crippen molar-refractivity contribution in [2.45, 2.75) is 12.5 Å². The third kappa shape index (κ3) is 8.89. The van der Waals surface area contributed by atoms with E-state index in [4.69, 9.17) is 10.2 Å². The van der Waals surface area contributed by atoms with Crippen LogP contribution < -0.4 is 16.4 Å². The first-order valence-electron chi connectivity index (χ1n) is 12.9. The van der Waals surface area contributed by atoms with Crippen LogP contribution in [0.3, 0.4) is 0 Å². The van der Waals surface area contributed by atoms with E-state index in [0.717, 1.165) is 5.75 Å². The first-order valence-corrected chi connectivity index (χ1v) is 14.3. The molecule has 222 valence electrons. The van der Waals surface area contributed by atoms with E-state index >= 15 is 0 Å². The zero-order valence-electron chi connectivity index (χ0n) is 23.0. The van der Waals surface area contributed by atoms with Crippen LogP contribution in [0.2, 0.25) is 0 Å². The highest BCUT2D eigenvalue weighted by atomic mass is 35.5. The van der Waals surface area contributed by atoms with Crippen molar-refractivity contribution in [3.05, 3.63) is 118 Å². The Kier molecular flexibility index (Phi) is 11.8. The molecule has 0 bridgehead atoms. The summed E-state index contributed by atoms with van der Waals surface area (Å²) in [7, 11) is 0. The number of ketones is 1. The fourth-order valence-corrected chi connectivity index (χ4v) is 4.44. The second-order valence-corrected chi connectivity index (χ2v) is 10.1. The summed E-state index contributed by atoms with van der Waals surface area (Å²) in [5.41, 5.74) is 7.89. The van der Waals surface area contributed by atoms with Crippen LogP contribution in [0.25, 0.3) is 17.4 Å². The number of carbonyl (C=O) groups excluding carboxylic acids is 3. The van der Waals surface area contributed by atoms with E-state index in [2.05, 4.69) is 10.6 Å². The lowest BCUT2D eigenvalue weighted by Crippen LogP contribution is -2.36. The number of nitro benzene ring substituents is 1. The quantitative estimate of drug-likeness (QED) is 0.0733. The number of non-ortho nitro benzene ring substituents is 1. The van der Waals surface area contributed by atoms with Crippen molar-refractivity contribution in [2.24, 2.45) is 5.73 Å². The molecule has 0 aliphatic carbocycles. The Hall–Kier alpha value is -4.71. The molecule has 0 unspecified atom stereocenters. The Morgan fingerprint density at radius 2 is 1.72 bits per heavy atom. The molecule has 3 aromatic carbocycles. The van der Waals surface area contributed by atoms with Crippen LogP contribution in [0.4, 0.5) is 17.1 Å². The summed E-state index contributed by atoms with van der Waals surface area (Å²) in [6.45, 7) is 0. The number of benzene rings is 3. The molecular weight excluding hydrogens is 592 g/mol. The lowest BCUT2D eigenvalue weighted by molar-refractivity contribution is -0.384. The van der Waals surface area contributed by atoms with Gasteiger partial charge in [-0.1, -0.05) is 30.3 Å². The lowest BCUT2D eigenvalue weighted by atomic mass is 10.0. The number of amides is 2. The molecule has 0 radical (unpaired) electrons. The van der Waals surface area contributed by atoms with E-state index in [1.54, 1.807) is 78.5 Å². The second kappa shape index (κ2) is 15.5. The number of nitrogens with two attached hydrogens (primary N) is 1. The molecular formula is C31H29ClN4O6S. The number of thioether (sulfide) groups is 1. The minimum absolute atomic E-state index is 0. The summed E-state index contributed by atoms with van der Waals surface area (Å²) in [5, 5.41) is 16.3. The maximum absolute atomic E-state index is 13.4. The van der Waals surface area contributed by atoms with Gasteiger partial charge in [-0.25, -0.2) is 0 Å². The largest absolute Gasteiger partial charge is 0.457 e. The van der Waals surface area contributed by atoms with Crippen molar-refractivity contribution in [1.29, 1.82) is 0 Å². The van der Waals surface area contributed by atoms with E-state index in [-0.39, 0.29) is 35.1 Å². The van der Waals surface area contributed by atoms with Crippen molar-refractivity contribution in [1.82, 2.24) is 0 Å². The monoisotopic (exact) mass is 620 g/mol. The second-order valence-electron chi connectivity index (χ2n) is 9.16. The number of carbonyl (C=O) groups is 3. The Morgan fingerprint density at radius 3 is 2.40 bits per heavy atom. The van der Waals surface area contributed by atoms with Crippen LogP contribution in [-0.4, -0.2) is 40.6 Å². The normalized spacial score (nSPS) is 11.4. The molecule has 1 aromatic heterocycles. The number of nitrogens with zero attached hydrogens (tertiary/aromatic N) is 1. The fourth-order valence-electron chi connectivity index (χ4n) is 3.95. The number of nitrogens with one attached hydrogen (secondary N) is 2. The van der Waals surface area contributed by atoms with Gasteiger partial charge in [0.15, 0.2) is 5.78 Å². The fraction of sp³-hybridized carbons (Fsp3) is 0.129. The number of hydrogen-bond acceptors (Lipinski definition) is 8. The van der Waals surface area contributed by atoms with Gasteiger partial charge in [-0.15, -0.1) is 12.4 Å². The molecule has 10 nitrogen and oxygen atoms in total. The van der Waals surface area contributed by atoms with Crippen LogP contribution in [-0.2, 0) is 9.59 Å². The lowest BCUT2D eigenvalue weighted by Gasteiger charge is -2.16. The first kappa shape index (κ1) is 32.8. The standard InChI is InChI=1S/C31H28N4O6S.ClH/c1-42-18-17-26(32)31(38)34-27-14-9-22(19-25(27)30(37)21-5-3-2-4-6-21)33-29(36)16-13-24-12-15-28(41-24)20-7-10-23(11-8-20)35(39)40;/h2-16,19,26H,17-18,32H2,1H3,(H,33,36)(H,34,38);1H/b16-13+;/t26-;/m0./s1. The average Bonchev–Trinajstić information content (AvgIpc) is 3.49. The topological polar surface area (TPSA) is 158 Å². The van der Waals surface area contributed by atoms with E-state index in [1.807, 2.05) is 6.26 Å². The summed E-state index contributed by atoms with van der Waals surface area (Å²) in [4.78, 5) is 49.1. The molecule has 12 heteroatoms. The zero-order chi connectivity index (χ0) is 30.1. The van der Waals surface area contributed by atoms with Gasteiger partial charge in [-0.05, 0) is 67.0 Å². The maximum Gasteiger partial charge on any atom is 0.269 e. The Labute approximate surface area is 258 Å². The van der Waals surface area contributed by atoms with E-state index in [9.17, 15) is 24.5 Å². The van der Waals surface area contributed by atoms with Gasteiger partial charge in [0.25, 0.3) is 5.69 Å². The molecule has 0 saturated heterocycles. The summed E-state index contributed by atoms with van der Waals surface area (Å²) in [6, 6.07) is 21.8. The Morgan fingerprint density at radius 1 is 1.00 bits per heavy atom. The van der Waals surface area contributed by atoms with Crippen molar-refractivity contribution >= 4 is 64.9 Å². The SMILES string of the molecule is CSCC[C@H](N)C(=O)Nc1ccc(NC(=O)/C=C/c2ccc(-c3ccc([N+](=O)[O-])cc3)o2)cc1C(=O)c1ccccc1.Cl. The third-order valence-corrected chi connectivity index (χ3v) is 6.83. The maximum atomic E-state index is 13.4. The molecule has 1 atom stereocenters. The van der Waals surface area contributed by atoms with E-state index < -0.39 is 22.8 Å². The molecule has 1 heterocycles. The summed E-state index contributed by atoms with van der Waals surface area (Å²) in [5.74, 6) is 0.396. The van der Waals surface area contributed by atoms with Gasteiger partial charge in [0.05, 0.1) is 16.7 Å². The highest BCUT2D eigenvalue weighted by molar-refractivity contribution is 7.98. The van der Waals surface area contributed by atoms with Crippen LogP contribution in [0.5, 0.6) is 0 Å². The van der Waals surface area contributed by atoms with Gasteiger partial charge in [-0.2, -0.15) is 11.8 Å². The molecule has 4 aromatic rings. The average molecular weight is 621 g/mol. The Balaban J connectivity index is 0.00000506. The summed E-state index contributed by atoms with van der Waals surface area (Å²) < 4.78 is 5.73. The minimum atomic E-state index is -0.732. The minimum Gasteiger partial charge on any atom is -0.457 e. The number of hydrogen-bond donors (Lipinski definition) is 3. The predicted molar refractivity (Wildman–Crippen MR) is 172 cm³/mol. The van der Waals surface area contributed by atoms with Crippen LogP contribution in [0, 0.1) is 10.1 Å². The molecule has 4 N–H and O–H groups in total. The summed E-state index contributed by atoms with van der Waals surface area (Å²) in [6.07, 6.45) is 5.17. The van der Waals surface area contributed by atoms with Gasteiger partial charge in [0.2, 0.25) is 11.8 Å². The van der Waals surface area contributed by atoms with Crippen molar-refractivity contribution in [2.75, 3.05) is 22.6 Å². The number of furan rings is 1. The number of nitro groups is 1. The van der Waals surface area contributed by atoms with Crippen LogP contribution in [0.15, 0.2) is 95.4 Å². The van der Waals surface area contributed by atoms with Gasteiger partial charge in [0, 0.05) is 40.6 Å². The Bertz CT molecular complexity index is 1620. The number of rotatable bonds is 12.